The first kappa shape index (κ1) is 15.3. The van der Waals surface area contributed by atoms with Crippen LogP contribution < -0.4 is 5.32 Å². The van der Waals surface area contributed by atoms with Crippen LogP contribution in [-0.4, -0.2) is 35.8 Å². The largest absolute Gasteiger partial charge is 0.416 e. The van der Waals surface area contributed by atoms with Gasteiger partial charge < -0.3 is 10.2 Å². The second-order valence-electron chi connectivity index (χ2n) is 4.79. The van der Waals surface area contributed by atoms with E-state index in [1.54, 1.807) is 6.92 Å². The van der Waals surface area contributed by atoms with E-state index in [4.69, 9.17) is 0 Å². The molecule has 0 saturated carbocycles. The SMILES string of the molecule is CCC1C(=O)NCCN1C(=O)c1cccc(C(F)(F)F)c1. The van der Waals surface area contributed by atoms with Crippen molar-refractivity contribution in [2.24, 2.45) is 0 Å². The van der Waals surface area contributed by atoms with Crippen LogP contribution in [0.2, 0.25) is 0 Å². The summed E-state index contributed by atoms with van der Waals surface area (Å²) in [5, 5.41) is 2.64. The Morgan fingerprint density at radius 2 is 2.14 bits per heavy atom. The van der Waals surface area contributed by atoms with E-state index in [2.05, 4.69) is 5.32 Å². The minimum atomic E-state index is -4.50. The second-order valence-corrected chi connectivity index (χ2v) is 4.79. The van der Waals surface area contributed by atoms with Gasteiger partial charge in [0.15, 0.2) is 0 Å². The van der Waals surface area contributed by atoms with Crippen molar-refractivity contribution in [2.45, 2.75) is 25.6 Å². The number of benzene rings is 1. The molecule has 114 valence electrons. The standard InChI is InChI=1S/C14H15F3N2O2/c1-2-11-12(20)18-6-7-19(11)13(21)9-4-3-5-10(8-9)14(15,16)17/h3-5,8,11H,2,6-7H2,1H3,(H,18,20). The summed E-state index contributed by atoms with van der Waals surface area (Å²) in [6, 6.07) is 3.62. The molecule has 1 aromatic rings. The molecule has 1 aromatic carbocycles. The van der Waals surface area contributed by atoms with Crippen LogP contribution in [0.5, 0.6) is 0 Å². The van der Waals surface area contributed by atoms with E-state index in [1.807, 2.05) is 0 Å². The average Bonchev–Trinajstić information content (AvgIpc) is 2.45. The number of halogens is 3. The molecule has 1 atom stereocenters. The number of piperazine rings is 1. The van der Waals surface area contributed by atoms with Crippen LogP contribution in [0, 0.1) is 0 Å². The van der Waals surface area contributed by atoms with Crippen LogP contribution in [-0.2, 0) is 11.0 Å². The molecule has 2 amide bonds. The highest BCUT2D eigenvalue weighted by atomic mass is 19.4. The van der Waals surface area contributed by atoms with Gasteiger partial charge in [0, 0.05) is 18.7 Å². The summed E-state index contributed by atoms with van der Waals surface area (Å²) in [6.07, 6.45) is -4.09. The fraction of sp³-hybridized carbons (Fsp3) is 0.429. The second kappa shape index (κ2) is 5.75. The fourth-order valence-corrected chi connectivity index (χ4v) is 2.36. The molecular formula is C14H15F3N2O2. The molecule has 1 saturated heterocycles. The Labute approximate surface area is 119 Å². The Hall–Kier alpha value is -2.05. The lowest BCUT2D eigenvalue weighted by Crippen LogP contribution is -2.56. The Bertz CT molecular complexity index is 557. The highest BCUT2D eigenvalue weighted by molar-refractivity contribution is 5.98. The Morgan fingerprint density at radius 1 is 1.43 bits per heavy atom. The quantitative estimate of drug-likeness (QED) is 0.909. The number of carbonyl (C=O) groups excluding carboxylic acids is 2. The third kappa shape index (κ3) is 3.17. The predicted octanol–water partition coefficient (Wildman–Crippen LogP) is 2.06. The summed E-state index contributed by atoms with van der Waals surface area (Å²) in [4.78, 5) is 25.4. The van der Waals surface area contributed by atoms with E-state index < -0.39 is 23.7 Å². The Balaban J connectivity index is 2.29. The maximum absolute atomic E-state index is 12.7. The Kier molecular flexibility index (Phi) is 4.20. The normalized spacial score (nSPS) is 19.3. The van der Waals surface area contributed by atoms with Crippen LogP contribution in [0.4, 0.5) is 13.2 Å². The number of hydrogen-bond donors (Lipinski definition) is 1. The van der Waals surface area contributed by atoms with Crippen molar-refractivity contribution >= 4 is 11.8 Å². The fourth-order valence-electron chi connectivity index (χ4n) is 2.36. The molecule has 1 N–H and O–H groups in total. The van der Waals surface area contributed by atoms with E-state index in [0.29, 0.717) is 19.5 Å². The molecule has 4 nitrogen and oxygen atoms in total. The highest BCUT2D eigenvalue weighted by Crippen LogP contribution is 2.30. The van der Waals surface area contributed by atoms with Crippen molar-refractivity contribution in [3.8, 4) is 0 Å². The van der Waals surface area contributed by atoms with Crippen molar-refractivity contribution in [3.05, 3.63) is 35.4 Å². The smallest absolute Gasteiger partial charge is 0.353 e. The first-order valence-electron chi connectivity index (χ1n) is 6.60. The lowest BCUT2D eigenvalue weighted by Gasteiger charge is -2.34. The number of rotatable bonds is 2. The molecule has 21 heavy (non-hydrogen) atoms. The van der Waals surface area contributed by atoms with E-state index in [1.165, 1.54) is 17.0 Å². The van der Waals surface area contributed by atoms with Gasteiger partial charge in [-0.25, -0.2) is 0 Å². The van der Waals surface area contributed by atoms with Crippen molar-refractivity contribution in [2.75, 3.05) is 13.1 Å². The number of carbonyl (C=O) groups is 2. The molecular weight excluding hydrogens is 285 g/mol. The molecule has 1 unspecified atom stereocenters. The van der Waals surface area contributed by atoms with E-state index >= 15 is 0 Å². The van der Waals surface area contributed by atoms with Gasteiger partial charge in [0.25, 0.3) is 5.91 Å². The number of nitrogens with one attached hydrogen (secondary N) is 1. The maximum atomic E-state index is 12.7. The number of alkyl halides is 3. The maximum Gasteiger partial charge on any atom is 0.416 e. The van der Waals surface area contributed by atoms with E-state index in [0.717, 1.165) is 12.1 Å². The number of amides is 2. The predicted molar refractivity (Wildman–Crippen MR) is 69.6 cm³/mol. The summed E-state index contributed by atoms with van der Waals surface area (Å²) in [5.74, 6) is -0.827. The molecule has 1 fully saturated rings. The van der Waals surface area contributed by atoms with Crippen LogP contribution in [0.1, 0.15) is 29.3 Å². The van der Waals surface area contributed by atoms with Crippen LogP contribution in [0.15, 0.2) is 24.3 Å². The van der Waals surface area contributed by atoms with Crippen molar-refractivity contribution in [3.63, 3.8) is 0 Å². The van der Waals surface area contributed by atoms with Crippen molar-refractivity contribution < 1.29 is 22.8 Å². The first-order chi connectivity index (χ1) is 9.84. The topological polar surface area (TPSA) is 49.4 Å². The van der Waals surface area contributed by atoms with Gasteiger partial charge in [-0.3, -0.25) is 9.59 Å². The molecule has 1 aliphatic heterocycles. The van der Waals surface area contributed by atoms with Crippen molar-refractivity contribution in [1.82, 2.24) is 10.2 Å². The zero-order chi connectivity index (χ0) is 15.6. The van der Waals surface area contributed by atoms with E-state index in [9.17, 15) is 22.8 Å². The van der Waals surface area contributed by atoms with Gasteiger partial charge >= 0.3 is 6.18 Å². The molecule has 1 aliphatic rings. The summed E-state index contributed by atoms with van der Waals surface area (Å²) in [5.41, 5.74) is -0.930. The summed E-state index contributed by atoms with van der Waals surface area (Å²) in [7, 11) is 0. The molecule has 1 heterocycles. The van der Waals surface area contributed by atoms with Gasteiger partial charge in [-0.2, -0.15) is 13.2 Å². The van der Waals surface area contributed by atoms with Crippen molar-refractivity contribution in [1.29, 1.82) is 0 Å². The molecule has 0 radical (unpaired) electrons. The average molecular weight is 300 g/mol. The van der Waals surface area contributed by atoms with Gasteiger partial charge in [0.1, 0.15) is 6.04 Å². The van der Waals surface area contributed by atoms with E-state index in [-0.39, 0.29) is 11.5 Å². The molecule has 7 heteroatoms. The van der Waals surface area contributed by atoms with Gasteiger partial charge in [0.2, 0.25) is 5.91 Å². The van der Waals surface area contributed by atoms with Crippen LogP contribution in [0.25, 0.3) is 0 Å². The zero-order valence-electron chi connectivity index (χ0n) is 11.4. The third-order valence-electron chi connectivity index (χ3n) is 3.42. The number of hydrogen-bond acceptors (Lipinski definition) is 2. The number of nitrogens with zero attached hydrogens (tertiary/aromatic N) is 1. The zero-order valence-corrected chi connectivity index (χ0v) is 11.4. The van der Waals surface area contributed by atoms with Gasteiger partial charge in [-0.05, 0) is 24.6 Å². The third-order valence-corrected chi connectivity index (χ3v) is 3.42. The molecule has 0 spiro atoms. The summed E-state index contributed by atoms with van der Waals surface area (Å²) >= 11 is 0. The van der Waals surface area contributed by atoms with Crippen LogP contribution >= 0.6 is 0 Å². The lowest BCUT2D eigenvalue weighted by molar-refractivity contribution is -0.137. The molecule has 0 aliphatic carbocycles. The Morgan fingerprint density at radius 3 is 2.76 bits per heavy atom. The molecule has 0 bridgehead atoms. The monoisotopic (exact) mass is 300 g/mol. The van der Waals surface area contributed by atoms with Gasteiger partial charge in [-0.1, -0.05) is 13.0 Å². The summed E-state index contributed by atoms with van der Waals surface area (Å²) in [6.45, 7) is 2.35. The van der Waals surface area contributed by atoms with Gasteiger partial charge in [-0.15, -0.1) is 0 Å². The minimum absolute atomic E-state index is 0.0574. The van der Waals surface area contributed by atoms with Gasteiger partial charge in [0.05, 0.1) is 5.56 Å². The summed E-state index contributed by atoms with van der Waals surface area (Å²) < 4.78 is 38.1. The minimum Gasteiger partial charge on any atom is -0.353 e. The molecule has 0 aromatic heterocycles. The molecule has 2 rings (SSSR count). The first-order valence-corrected chi connectivity index (χ1v) is 6.60. The highest BCUT2D eigenvalue weighted by Gasteiger charge is 2.34. The van der Waals surface area contributed by atoms with Crippen LogP contribution in [0.3, 0.4) is 0 Å². The lowest BCUT2D eigenvalue weighted by atomic mass is 10.1.